The molecular formula is C18H15N3O3S. The van der Waals surface area contributed by atoms with E-state index < -0.39 is 5.91 Å². The first-order valence-electron chi connectivity index (χ1n) is 7.52. The van der Waals surface area contributed by atoms with Gasteiger partial charge in [-0.1, -0.05) is 36.4 Å². The molecule has 126 valence electrons. The highest BCUT2D eigenvalue weighted by Gasteiger charge is 2.11. The SMILES string of the molecule is O=C(NNC(=O)c1cccs1)c1ccc(=O)n(Cc2ccccc2)c1. The van der Waals surface area contributed by atoms with Crippen LogP contribution in [0, 0.1) is 0 Å². The molecule has 0 fully saturated rings. The Labute approximate surface area is 147 Å². The summed E-state index contributed by atoms with van der Waals surface area (Å²) < 4.78 is 1.45. The second-order valence-corrected chi connectivity index (χ2v) is 6.20. The van der Waals surface area contributed by atoms with Crippen LogP contribution in [0.25, 0.3) is 0 Å². The topological polar surface area (TPSA) is 80.2 Å². The third-order valence-electron chi connectivity index (χ3n) is 3.48. The summed E-state index contributed by atoms with van der Waals surface area (Å²) in [5, 5.41) is 1.77. The second kappa shape index (κ2) is 7.59. The van der Waals surface area contributed by atoms with Gasteiger partial charge in [0.1, 0.15) is 0 Å². The number of carbonyl (C=O) groups is 2. The van der Waals surface area contributed by atoms with E-state index in [1.165, 1.54) is 34.2 Å². The molecule has 0 atom stereocenters. The number of rotatable bonds is 4. The first-order chi connectivity index (χ1) is 12.1. The Morgan fingerprint density at radius 2 is 1.68 bits per heavy atom. The van der Waals surface area contributed by atoms with Crippen molar-refractivity contribution in [1.82, 2.24) is 15.4 Å². The molecule has 7 heteroatoms. The van der Waals surface area contributed by atoms with E-state index in [9.17, 15) is 14.4 Å². The molecule has 6 nitrogen and oxygen atoms in total. The molecule has 0 spiro atoms. The molecule has 0 saturated carbocycles. The molecule has 2 heterocycles. The zero-order valence-electron chi connectivity index (χ0n) is 13.1. The molecule has 0 aliphatic rings. The molecule has 3 rings (SSSR count). The van der Waals surface area contributed by atoms with E-state index in [0.29, 0.717) is 11.4 Å². The van der Waals surface area contributed by atoms with E-state index in [1.807, 2.05) is 30.3 Å². The van der Waals surface area contributed by atoms with E-state index in [1.54, 1.807) is 17.5 Å². The molecule has 0 radical (unpaired) electrons. The van der Waals surface area contributed by atoms with Crippen molar-refractivity contribution in [2.45, 2.75) is 6.54 Å². The number of aromatic nitrogens is 1. The van der Waals surface area contributed by atoms with Gasteiger partial charge >= 0.3 is 0 Å². The maximum Gasteiger partial charge on any atom is 0.279 e. The summed E-state index contributed by atoms with van der Waals surface area (Å²) in [4.78, 5) is 36.5. The smallest absolute Gasteiger partial charge is 0.279 e. The number of thiophene rings is 1. The van der Waals surface area contributed by atoms with Gasteiger partial charge in [-0.05, 0) is 23.1 Å². The Hall–Kier alpha value is -3.19. The van der Waals surface area contributed by atoms with Gasteiger partial charge in [-0.25, -0.2) is 0 Å². The minimum absolute atomic E-state index is 0.206. The maximum absolute atomic E-state index is 12.2. The van der Waals surface area contributed by atoms with Gasteiger partial charge in [0.05, 0.1) is 17.0 Å². The second-order valence-electron chi connectivity index (χ2n) is 5.26. The van der Waals surface area contributed by atoms with Crippen molar-refractivity contribution in [1.29, 1.82) is 0 Å². The number of nitrogens with zero attached hydrogens (tertiary/aromatic N) is 1. The molecular weight excluding hydrogens is 338 g/mol. The number of pyridine rings is 1. The molecule has 0 aliphatic carbocycles. The number of nitrogens with one attached hydrogen (secondary N) is 2. The van der Waals surface area contributed by atoms with Crippen molar-refractivity contribution in [3.05, 3.63) is 92.5 Å². The van der Waals surface area contributed by atoms with Gasteiger partial charge in [0, 0.05) is 12.3 Å². The average molecular weight is 353 g/mol. The minimum Gasteiger partial charge on any atom is -0.310 e. The number of amides is 2. The fraction of sp³-hybridized carbons (Fsp3) is 0.0556. The lowest BCUT2D eigenvalue weighted by Gasteiger charge is -2.09. The molecule has 0 saturated heterocycles. The molecule has 0 bridgehead atoms. The molecule has 25 heavy (non-hydrogen) atoms. The molecule has 3 aromatic rings. The normalized spacial score (nSPS) is 10.2. The van der Waals surface area contributed by atoms with Crippen molar-refractivity contribution in [2.75, 3.05) is 0 Å². The standard InChI is InChI=1S/C18H15N3O3S/c22-16-9-8-14(12-21(16)11-13-5-2-1-3-6-13)17(23)19-20-18(24)15-7-4-10-25-15/h1-10,12H,11H2,(H,19,23)(H,20,24). The predicted octanol–water partition coefficient (Wildman–Crippen LogP) is 2.03. The Balaban J connectivity index is 1.69. The van der Waals surface area contributed by atoms with Crippen LogP contribution in [0.4, 0.5) is 0 Å². The monoisotopic (exact) mass is 353 g/mol. The van der Waals surface area contributed by atoms with Crippen LogP contribution in [0.15, 0.2) is 71.0 Å². The van der Waals surface area contributed by atoms with Gasteiger partial charge in [0.25, 0.3) is 17.4 Å². The summed E-state index contributed by atoms with van der Waals surface area (Å²) in [6.07, 6.45) is 1.47. The fourth-order valence-corrected chi connectivity index (χ4v) is 2.84. The van der Waals surface area contributed by atoms with Gasteiger partial charge in [0.2, 0.25) is 0 Å². The summed E-state index contributed by atoms with van der Waals surface area (Å²) >= 11 is 1.28. The fourth-order valence-electron chi connectivity index (χ4n) is 2.22. The zero-order chi connectivity index (χ0) is 17.6. The van der Waals surface area contributed by atoms with E-state index in [-0.39, 0.29) is 17.0 Å². The number of hydrogen-bond donors (Lipinski definition) is 2. The molecule has 0 aliphatic heterocycles. The lowest BCUT2D eigenvalue weighted by atomic mass is 10.2. The summed E-state index contributed by atoms with van der Waals surface area (Å²) in [6, 6.07) is 15.6. The molecule has 1 aromatic carbocycles. The van der Waals surface area contributed by atoms with Crippen molar-refractivity contribution in [3.63, 3.8) is 0 Å². The molecule has 2 N–H and O–H groups in total. The molecule has 2 amide bonds. The highest BCUT2D eigenvalue weighted by atomic mass is 32.1. The first-order valence-corrected chi connectivity index (χ1v) is 8.40. The summed E-state index contributed by atoms with van der Waals surface area (Å²) in [7, 11) is 0. The van der Waals surface area contributed by atoms with Crippen LogP contribution < -0.4 is 16.4 Å². The van der Waals surface area contributed by atoms with Crippen molar-refractivity contribution < 1.29 is 9.59 Å². The quantitative estimate of drug-likeness (QED) is 0.705. The van der Waals surface area contributed by atoms with Gasteiger partial charge in [0.15, 0.2) is 0 Å². The lowest BCUT2D eigenvalue weighted by Crippen LogP contribution is -2.41. The summed E-state index contributed by atoms with van der Waals surface area (Å²) in [5.41, 5.74) is 5.73. The van der Waals surface area contributed by atoms with Crippen LogP contribution in [0.5, 0.6) is 0 Å². The van der Waals surface area contributed by atoms with Gasteiger partial charge in [-0.2, -0.15) is 0 Å². The van der Waals surface area contributed by atoms with Gasteiger partial charge in [-0.15, -0.1) is 11.3 Å². The Bertz CT molecular complexity index is 934. The minimum atomic E-state index is -0.494. The number of benzene rings is 1. The van der Waals surface area contributed by atoms with Crippen molar-refractivity contribution in [2.24, 2.45) is 0 Å². The maximum atomic E-state index is 12.2. The Morgan fingerprint density at radius 3 is 2.40 bits per heavy atom. The summed E-state index contributed by atoms with van der Waals surface area (Å²) in [6.45, 7) is 0.363. The number of carbonyl (C=O) groups excluding carboxylic acids is 2. The highest BCUT2D eigenvalue weighted by Crippen LogP contribution is 2.07. The average Bonchev–Trinajstić information content (AvgIpc) is 3.17. The van der Waals surface area contributed by atoms with Gasteiger partial charge in [-0.3, -0.25) is 25.2 Å². The van der Waals surface area contributed by atoms with Crippen LogP contribution in [0.2, 0.25) is 0 Å². The molecule has 2 aromatic heterocycles. The Morgan fingerprint density at radius 1 is 0.920 bits per heavy atom. The third kappa shape index (κ3) is 4.21. The molecule has 0 unspecified atom stereocenters. The van der Waals surface area contributed by atoms with Crippen LogP contribution >= 0.6 is 11.3 Å². The van der Waals surface area contributed by atoms with E-state index in [2.05, 4.69) is 10.9 Å². The Kier molecular flexibility index (Phi) is 5.06. The van der Waals surface area contributed by atoms with Crippen molar-refractivity contribution >= 4 is 23.2 Å². The van der Waals surface area contributed by atoms with Gasteiger partial charge < -0.3 is 4.57 Å². The van der Waals surface area contributed by atoms with E-state index in [0.717, 1.165) is 5.56 Å². The lowest BCUT2D eigenvalue weighted by molar-refractivity contribution is 0.0848. The van der Waals surface area contributed by atoms with E-state index in [4.69, 9.17) is 0 Å². The first kappa shape index (κ1) is 16.7. The van der Waals surface area contributed by atoms with Crippen LogP contribution in [0.1, 0.15) is 25.6 Å². The van der Waals surface area contributed by atoms with E-state index >= 15 is 0 Å². The summed E-state index contributed by atoms with van der Waals surface area (Å²) in [5.74, 6) is -0.882. The van der Waals surface area contributed by atoms with Crippen LogP contribution in [-0.4, -0.2) is 16.4 Å². The zero-order valence-corrected chi connectivity index (χ0v) is 14.0. The van der Waals surface area contributed by atoms with Crippen LogP contribution in [0.3, 0.4) is 0 Å². The highest BCUT2D eigenvalue weighted by molar-refractivity contribution is 7.12. The predicted molar refractivity (Wildman–Crippen MR) is 95.5 cm³/mol. The van der Waals surface area contributed by atoms with Crippen LogP contribution in [-0.2, 0) is 6.54 Å². The van der Waals surface area contributed by atoms with Crippen molar-refractivity contribution in [3.8, 4) is 0 Å². The number of hydrazine groups is 1. The third-order valence-corrected chi connectivity index (χ3v) is 4.34. The largest absolute Gasteiger partial charge is 0.310 e. The number of hydrogen-bond acceptors (Lipinski definition) is 4.